The van der Waals surface area contributed by atoms with E-state index in [4.69, 9.17) is 0 Å². The molecule has 2 fully saturated rings. The summed E-state index contributed by atoms with van der Waals surface area (Å²) >= 11 is 0. The van der Waals surface area contributed by atoms with E-state index in [0.717, 1.165) is 45.6 Å². The Kier molecular flexibility index (Phi) is 7.20. The quantitative estimate of drug-likeness (QED) is 0.602. The van der Waals surface area contributed by atoms with E-state index in [0.29, 0.717) is 22.2 Å². The Hall–Kier alpha value is -2.24. The molecule has 2 heterocycles. The number of rotatable bonds is 7. The van der Waals surface area contributed by atoms with E-state index in [1.54, 1.807) is 12.1 Å². The molecule has 2 aliphatic heterocycles. The first-order chi connectivity index (χ1) is 15.8. The topological polar surface area (TPSA) is 40.5 Å². The molecule has 1 N–H and O–H groups in total. The van der Waals surface area contributed by atoms with Crippen LogP contribution in [0.3, 0.4) is 0 Å². The van der Waals surface area contributed by atoms with Crippen molar-refractivity contribution in [1.82, 2.24) is 4.90 Å². The van der Waals surface area contributed by atoms with Crippen molar-refractivity contribution in [2.24, 2.45) is 11.8 Å². The average molecular weight is 454 g/mol. The molecular formula is C28H38FN2O2+. The van der Waals surface area contributed by atoms with Crippen LogP contribution in [0.15, 0.2) is 54.6 Å². The van der Waals surface area contributed by atoms with Crippen LogP contribution in [0.4, 0.5) is 4.39 Å². The van der Waals surface area contributed by atoms with Gasteiger partial charge >= 0.3 is 5.97 Å². The van der Waals surface area contributed by atoms with Crippen LogP contribution in [0.5, 0.6) is 0 Å². The lowest BCUT2D eigenvalue weighted by atomic mass is 9.86. The van der Waals surface area contributed by atoms with Crippen LogP contribution >= 0.6 is 0 Å². The zero-order chi connectivity index (χ0) is 23.6. The maximum Gasteiger partial charge on any atom is 0.362 e. The normalized spacial score (nSPS) is 27.7. The van der Waals surface area contributed by atoms with Gasteiger partial charge in [-0.25, -0.2) is 9.18 Å². The molecule has 2 aromatic rings. The number of nitrogens with zero attached hydrogens (tertiary/aromatic N) is 2. The second-order valence-corrected chi connectivity index (χ2v) is 10.8. The highest BCUT2D eigenvalue weighted by molar-refractivity contribution is 5.72. The highest BCUT2D eigenvalue weighted by Gasteiger charge is 2.51. The predicted octanol–water partition coefficient (Wildman–Crippen LogP) is 4.97. The number of likely N-dealkylation sites (tertiary alicyclic amines) is 2. The summed E-state index contributed by atoms with van der Waals surface area (Å²) in [7, 11) is 2.15. The molecule has 0 aliphatic carbocycles. The summed E-state index contributed by atoms with van der Waals surface area (Å²) < 4.78 is 13.9. The zero-order valence-corrected chi connectivity index (χ0v) is 20.2. The minimum Gasteiger partial charge on any atom is -0.477 e. The number of likely N-dealkylation sites (N-methyl/N-ethyl adjacent to an activating group) is 1. The van der Waals surface area contributed by atoms with Gasteiger partial charge in [0.25, 0.3) is 0 Å². The van der Waals surface area contributed by atoms with Crippen molar-refractivity contribution in [1.29, 1.82) is 0 Å². The Morgan fingerprint density at radius 3 is 2.24 bits per heavy atom. The highest BCUT2D eigenvalue weighted by Crippen LogP contribution is 2.40. The fourth-order valence-electron chi connectivity index (χ4n) is 6.61. The van der Waals surface area contributed by atoms with Gasteiger partial charge in [0.15, 0.2) is 6.04 Å². The molecule has 4 rings (SSSR count). The van der Waals surface area contributed by atoms with Gasteiger partial charge in [0.05, 0.1) is 20.1 Å². The minimum absolute atomic E-state index is 0.0918. The SMILES string of the molecule is CC(C)[C@H](C(=O)O)[N+]1(C)C[C@H](CN2CCC(c3ccc(F)cc3)CC2)[C@@H](c2ccccc2)C1. The van der Waals surface area contributed by atoms with Gasteiger partial charge in [0.1, 0.15) is 5.82 Å². The third-order valence-electron chi connectivity index (χ3n) is 8.04. The van der Waals surface area contributed by atoms with Gasteiger partial charge in [-0.2, -0.15) is 0 Å². The number of carbonyl (C=O) groups is 1. The van der Waals surface area contributed by atoms with Gasteiger partial charge in [-0.15, -0.1) is 0 Å². The van der Waals surface area contributed by atoms with E-state index in [2.05, 4.69) is 42.3 Å². The number of aliphatic carboxylic acids is 1. The Morgan fingerprint density at radius 2 is 1.67 bits per heavy atom. The second-order valence-electron chi connectivity index (χ2n) is 10.8. The first kappa shape index (κ1) is 23.9. The molecule has 4 atom stereocenters. The smallest absolute Gasteiger partial charge is 0.362 e. The average Bonchev–Trinajstić information content (AvgIpc) is 3.11. The number of carboxylic acid groups (broad SMARTS) is 1. The van der Waals surface area contributed by atoms with Crippen LogP contribution in [0, 0.1) is 17.7 Å². The molecule has 33 heavy (non-hydrogen) atoms. The predicted molar refractivity (Wildman–Crippen MR) is 130 cm³/mol. The monoisotopic (exact) mass is 453 g/mol. The zero-order valence-electron chi connectivity index (χ0n) is 20.2. The van der Waals surface area contributed by atoms with Crippen molar-refractivity contribution in [3.05, 3.63) is 71.5 Å². The first-order valence-corrected chi connectivity index (χ1v) is 12.4. The van der Waals surface area contributed by atoms with Gasteiger partial charge in [0, 0.05) is 24.3 Å². The maximum atomic E-state index is 13.3. The van der Waals surface area contributed by atoms with Crippen LogP contribution in [0.2, 0.25) is 0 Å². The molecule has 0 amide bonds. The van der Waals surface area contributed by atoms with Crippen LogP contribution < -0.4 is 0 Å². The largest absolute Gasteiger partial charge is 0.477 e. The van der Waals surface area contributed by atoms with Gasteiger partial charge in [0.2, 0.25) is 0 Å². The van der Waals surface area contributed by atoms with Crippen LogP contribution in [0.25, 0.3) is 0 Å². The molecule has 0 bridgehead atoms. The number of hydrogen-bond acceptors (Lipinski definition) is 2. The van der Waals surface area contributed by atoms with Crippen molar-refractivity contribution >= 4 is 5.97 Å². The van der Waals surface area contributed by atoms with Crippen molar-refractivity contribution < 1.29 is 18.8 Å². The van der Waals surface area contributed by atoms with E-state index >= 15 is 0 Å². The molecule has 2 aromatic carbocycles. The summed E-state index contributed by atoms with van der Waals surface area (Å²) in [6, 6.07) is 17.3. The van der Waals surface area contributed by atoms with E-state index < -0.39 is 5.97 Å². The maximum absolute atomic E-state index is 13.3. The standard InChI is InChI=1S/C28H37FN2O2/c1-20(2)27(28(32)33)31(3)18-24(26(19-31)23-7-5-4-6-8-23)17-30-15-13-22(14-16-30)21-9-11-25(29)12-10-21/h4-12,20,22,24,26-27H,13-19H2,1-3H3/p+1/t24-,26+,27+,31?/m0/s1. The number of quaternary nitrogens is 1. The number of halogens is 1. The summed E-state index contributed by atoms with van der Waals surface area (Å²) in [4.78, 5) is 14.8. The number of benzene rings is 2. The summed E-state index contributed by atoms with van der Waals surface area (Å²) in [5, 5.41) is 10.0. The fourth-order valence-corrected chi connectivity index (χ4v) is 6.61. The van der Waals surface area contributed by atoms with E-state index in [9.17, 15) is 14.3 Å². The molecule has 5 heteroatoms. The molecule has 0 radical (unpaired) electrons. The van der Waals surface area contributed by atoms with Crippen molar-refractivity contribution in [2.75, 3.05) is 39.8 Å². The molecule has 2 saturated heterocycles. The first-order valence-electron chi connectivity index (χ1n) is 12.4. The summed E-state index contributed by atoms with van der Waals surface area (Å²) in [6.45, 7) is 8.92. The van der Waals surface area contributed by atoms with Crippen molar-refractivity contribution in [3.63, 3.8) is 0 Å². The second kappa shape index (κ2) is 9.94. The molecule has 178 valence electrons. The molecule has 1 unspecified atom stereocenters. The Labute approximate surface area is 197 Å². The number of piperidine rings is 1. The lowest BCUT2D eigenvalue weighted by Gasteiger charge is -2.38. The van der Waals surface area contributed by atoms with Crippen LogP contribution in [-0.2, 0) is 4.79 Å². The van der Waals surface area contributed by atoms with Gasteiger partial charge < -0.3 is 14.5 Å². The van der Waals surface area contributed by atoms with Crippen molar-refractivity contribution in [2.45, 2.75) is 44.6 Å². The third kappa shape index (κ3) is 5.30. The molecule has 0 saturated carbocycles. The molecular weight excluding hydrogens is 415 g/mol. The Morgan fingerprint density at radius 1 is 1.03 bits per heavy atom. The van der Waals surface area contributed by atoms with Crippen LogP contribution in [0.1, 0.15) is 49.7 Å². The summed E-state index contributed by atoms with van der Waals surface area (Å²) in [5.41, 5.74) is 2.57. The lowest BCUT2D eigenvalue weighted by Crippen LogP contribution is -2.57. The number of hydrogen-bond donors (Lipinski definition) is 1. The van der Waals surface area contributed by atoms with Crippen LogP contribution in [-0.4, -0.2) is 66.3 Å². The Bertz CT molecular complexity index is 925. The lowest BCUT2D eigenvalue weighted by molar-refractivity contribution is -0.919. The highest BCUT2D eigenvalue weighted by atomic mass is 19.1. The Balaban J connectivity index is 1.48. The van der Waals surface area contributed by atoms with E-state index in [1.165, 1.54) is 11.1 Å². The van der Waals surface area contributed by atoms with Crippen molar-refractivity contribution in [3.8, 4) is 0 Å². The summed E-state index contributed by atoms with van der Waals surface area (Å²) in [6.07, 6.45) is 2.18. The van der Waals surface area contributed by atoms with Gasteiger partial charge in [-0.3, -0.25) is 0 Å². The number of carboxylic acids is 1. The molecule has 2 aliphatic rings. The molecule has 0 aromatic heterocycles. The third-order valence-corrected chi connectivity index (χ3v) is 8.04. The van der Waals surface area contributed by atoms with E-state index in [-0.39, 0.29) is 17.8 Å². The minimum atomic E-state index is -0.680. The van der Waals surface area contributed by atoms with Gasteiger partial charge in [-0.1, -0.05) is 56.3 Å². The summed E-state index contributed by atoms with van der Waals surface area (Å²) in [5.74, 6) is 0.529. The fraction of sp³-hybridized carbons (Fsp3) is 0.536. The van der Waals surface area contributed by atoms with Gasteiger partial charge in [-0.05, 0) is 55.1 Å². The molecule has 4 nitrogen and oxygen atoms in total. The van der Waals surface area contributed by atoms with E-state index in [1.807, 2.05) is 26.0 Å². The molecule has 0 spiro atoms.